The fourth-order valence-electron chi connectivity index (χ4n) is 0.650. The summed E-state index contributed by atoms with van der Waals surface area (Å²) in [5, 5.41) is 10.6. The molecule has 0 aromatic heterocycles. The number of rotatable bonds is 0. The standard InChI is InChI=1S/C8H7NO/c1-2-9-7-3-5-8(10)6-4-7/h3-6H,1H3. The number of hydrogen-bond donors (Lipinski definition) is 0. The smallest absolute Gasteiger partial charge is 0.340 e. The highest BCUT2D eigenvalue weighted by Gasteiger charge is 1.94. The molecular formula is C8H7NO. The summed E-state index contributed by atoms with van der Waals surface area (Å²) in [5.41, 5.74) is 0.766. The van der Waals surface area contributed by atoms with E-state index in [9.17, 15) is 5.11 Å². The molecule has 1 aromatic rings. The SMILES string of the molecule is CC#[N+]c1ccc([O-])cc1. The molecule has 1 aromatic carbocycles. The van der Waals surface area contributed by atoms with Crippen molar-refractivity contribution < 1.29 is 5.11 Å². The van der Waals surface area contributed by atoms with Crippen LogP contribution in [-0.4, -0.2) is 0 Å². The molecule has 0 aliphatic carbocycles. The van der Waals surface area contributed by atoms with Gasteiger partial charge in [-0.05, 0) is 4.85 Å². The van der Waals surface area contributed by atoms with E-state index in [0.717, 1.165) is 5.69 Å². The second-order valence-electron chi connectivity index (χ2n) is 1.83. The minimum Gasteiger partial charge on any atom is -0.872 e. The summed E-state index contributed by atoms with van der Waals surface area (Å²) >= 11 is 0. The first-order valence-corrected chi connectivity index (χ1v) is 2.97. The molecule has 0 saturated carbocycles. The van der Waals surface area contributed by atoms with Gasteiger partial charge in [0, 0.05) is 12.1 Å². The number of hydrogen-bond acceptors (Lipinski definition) is 1. The van der Waals surface area contributed by atoms with Crippen LogP contribution in [0.2, 0.25) is 0 Å². The molecule has 0 saturated heterocycles. The van der Waals surface area contributed by atoms with Gasteiger partial charge in [0.05, 0.1) is 6.92 Å². The summed E-state index contributed by atoms with van der Waals surface area (Å²) in [4.78, 5) is 3.86. The zero-order valence-corrected chi connectivity index (χ0v) is 5.66. The van der Waals surface area contributed by atoms with Crippen molar-refractivity contribution in [2.45, 2.75) is 6.92 Å². The predicted molar refractivity (Wildman–Crippen MR) is 38.5 cm³/mol. The molecule has 0 bridgehead atoms. The van der Waals surface area contributed by atoms with E-state index in [1.54, 1.807) is 19.1 Å². The largest absolute Gasteiger partial charge is 0.872 e. The van der Waals surface area contributed by atoms with Gasteiger partial charge in [-0.1, -0.05) is 12.1 Å². The summed E-state index contributed by atoms with van der Waals surface area (Å²) < 4.78 is 0. The van der Waals surface area contributed by atoms with Gasteiger partial charge >= 0.3 is 5.69 Å². The minimum absolute atomic E-state index is 0.00931. The highest BCUT2D eigenvalue weighted by atomic mass is 16.3. The quantitative estimate of drug-likeness (QED) is 0.529. The third-order valence-electron chi connectivity index (χ3n) is 1.08. The summed E-state index contributed by atoms with van der Waals surface area (Å²) in [7, 11) is 0. The topological polar surface area (TPSA) is 27.4 Å². The van der Waals surface area contributed by atoms with Crippen molar-refractivity contribution in [3.63, 3.8) is 0 Å². The van der Waals surface area contributed by atoms with Gasteiger partial charge in [-0.2, -0.15) is 0 Å². The molecule has 2 nitrogen and oxygen atoms in total. The highest BCUT2D eigenvalue weighted by Crippen LogP contribution is 2.14. The lowest BCUT2D eigenvalue weighted by Gasteiger charge is -1.98. The van der Waals surface area contributed by atoms with E-state index >= 15 is 0 Å². The molecule has 0 aliphatic heterocycles. The third-order valence-corrected chi connectivity index (χ3v) is 1.08. The van der Waals surface area contributed by atoms with Crippen LogP contribution in [0.15, 0.2) is 24.3 Å². The van der Waals surface area contributed by atoms with E-state index in [4.69, 9.17) is 0 Å². The fourth-order valence-corrected chi connectivity index (χ4v) is 0.650. The third kappa shape index (κ3) is 1.49. The molecule has 2 heteroatoms. The lowest BCUT2D eigenvalue weighted by atomic mass is 10.3. The molecule has 50 valence electrons. The van der Waals surface area contributed by atoms with E-state index in [1.165, 1.54) is 12.1 Å². The van der Waals surface area contributed by atoms with E-state index in [1.807, 2.05) is 0 Å². The van der Waals surface area contributed by atoms with Crippen LogP contribution in [0.4, 0.5) is 5.69 Å². The van der Waals surface area contributed by atoms with Crippen molar-refractivity contribution >= 4 is 5.69 Å². The first kappa shape index (κ1) is 6.63. The van der Waals surface area contributed by atoms with Crippen molar-refractivity contribution in [2.24, 2.45) is 0 Å². The maximum absolute atomic E-state index is 10.6. The maximum Gasteiger partial charge on any atom is 0.340 e. The average Bonchev–Trinajstić information content (AvgIpc) is 1.95. The van der Waals surface area contributed by atoms with Crippen LogP contribution in [0.25, 0.3) is 4.85 Å². The zero-order chi connectivity index (χ0) is 7.40. The zero-order valence-electron chi connectivity index (χ0n) is 5.66. The van der Waals surface area contributed by atoms with Crippen LogP contribution in [0.1, 0.15) is 6.92 Å². The average molecular weight is 133 g/mol. The van der Waals surface area contributed by atoms with Gasteiger partial charge in [-0.15, -0.1) is 5.75 Å². The molecule has 0 spiro atoms. The molecule has 0 amide bonds. The fraction of sp³-hybridized carbons (Fsp3) is 0.125. The molecule has 0 atom stereocenters. The van der Waals surface area contributed by atoms with Crippen LogP contribution in [-0.2, 0) is 0 Å². The predicted octanol–water partition coefficient (Wildman–Crippen LogP) is 1.74. The van der Waals surface area contributed by atoms with Crippen molar-refractivity contribution in [3.8, 4) is 11.8 Å². The molecule has 0 N–H and O–H groups in total. The Hall–Kier alpha value is -1.49. The second-order valence-corrected chi connectivity index (χ2v) is 1.83. The van der Waals surface area contributed by atoms with E-state index in [2.05, 4.69) is 10.9 Å². The normalized spacial score (nSPS) is 8.10. The van der Waals surface area contributed by atoms with Gasteiger partial charge in [-0.25, -0.2) is 0 Å². The summed E-state index contributed by atoms with van der Waals surface area (Å²) in [6, 6.07) is 8.92. The molecule has 0 heterocycles. The number of nitrogens with zero attached hydrogens (tertiary/aromatic N) is 1. The Labute approximate surface area is 59.6 Å². The second kappa shape index (κ2) is 2.88. The lowest BCUT2D eigenvalue weighted by Crippen LogP contribution is -1.85. The molecular weight excluding hydrogens is 126 g/mol. The van der Waals surface area contributed by atoms with Gasteiger partial charge in [0.15, 0.2) is 0 Å². The Balaban J connectivity index is 2.97. The van der Waals surface area contributed by atoms with Crippen LogP contribution < -0.4 is 5.11 Å². The van der Waals surface area contributed by atoms with E-state index < -0.39 is 0 Å². The first-order chi connectivity index (χ1) is 4.83. The maximum atomic E-state index is 10.6. The molecule has 0 unspecified atom stereocenters. The van der Waals surface area contributed by atoms with Crippen LogP contribution >= 0.6 is 0 Å². The molecule has 10 heavy (non-hydrogen) atoms. The molecule has 0 aliphatic rings. The number of benzene rings is 1. The van der Waals surface area contributed by atoms with Gasteiger partial charge < -0.3 is 5.11 Å². The Kier molecular flexibility index (Phi) is 1.91. The van der Waals surface area contributed by atoms with E-state index in [0.29, 0.717) is 0 Å². The molecule has 0 fully saturated rings. The van der Waals surface area contributed by atoms with Gasteiger partial charge in [0.25, 0.3) is 6.07 Å². The lowest BCUT2D eigenvalue weighted by molar-refractivity contribution is -0.268. The van der Waals surface area contributed by atoms with Gasteiger partial charge in [0.2, 0.25) is 0 Å². The highest BCUT2D eigenvalue weighted by molar-refractivity contribution is 5.47. The molecule has 0 radical (unpaired) electrons. The van der Waals surface area contributed by atoms with E-state index in [-0.39, 0.29) is 5.75 Å². The Bertz CT molecular complexity index is 266. The van der Waals surface area contributed by atoms with Crippen LogP contribution in [0, 0.1) is 6.07 Å². The van der Waals surface area contributed by atoms with Crippen molar-refractivity contribution in [1.29, 1.82) is 0 Å². The Morgan fingerprint density at radius 3 is 2.40 bits per heavy atom. The summed E-state index contributed by atoms with van der Waals surface area (Å²) in [6.07, 6.45) is 0. The van der Waals surface area contributed by atoms with Gasteiger partial charge in [-0.3, -0.25) is 0 Å². The summed E-state index contributed by atoms with van der Waals surface area (Å²) in [6.45, 7) is 1.71. The van der Waals surface area contributed by atoms with Crippen LogP contribution in [0.3, 0.4) is 0 Å². The van der Waals surface area contributed by atoms with Crippen LogP contribution in [0.5, 0.6) is 5.75 Å². The van der Waals surface area contributed by atoms with Crippen molar-refractivity contribution in [3.05, 3.63) is 29.1 Å². The summed E-state index contributed by atoms with van der Waals surface area (Å²) in [5.74, 6) is 0.00931. The monoisotopic (exact) mass is 133 g/mol. The minimum atomic E-state index is 0.00931. The van der Waals surface area contributed by atoms with Crippen molar-refractivity contribution in [1.82, 2.24) is 0 Å². The Morgan fingerprint density at radius 2 is 1.90 bits per heavy atom. The van der Waals surface area contributed by atoms with Crippen molar-refractivity contribution in [2.75, 3.05) is 0 Å². The van der Waals surface area contributed by atoms with Gasteiger partial charge in [0.1, 0.15) is 0 Å². The Morgan fingerprint density at radius 1 is 1.30 bits per heavy atom. The first-order valence-electron chi connectivity index (χ1n) is 2.97. The molecule has 1 rings (SSSR count).